The third kappa shape index (κ3) is 2.43. The van der Waals surface area contributed by atoms with Crippen molar-refractivity contribution in [1.82, 2.24) is 4.90 Å². The summed E-state index contributed by atoms with van der Waals surface area (Å²) >= 11 is 0. The monoisotopic (exact) mass is 181 g/mol. The highest BCUT2D eigenvalue weighted by Crippen LogP contribution is 2.22. The number of nitriles is 1. The van der Waals surface area contributed by atoms with E-state index in [4.69, 9.17) is 11.0 Å². The van der Waals surface area contributed by atoms with Gasteiger partial charge in [0, 0.05) is 18.0 Å². The Morgan fingerprint density at radius 3 is 2.38 bits per heavy atom. The molecule has 13 heavy (non-hydrogen) atoms. The summed E-state index contributed by atoms with van der Waals surface area (Å²) in [4.78, 5) is 2.39. The Morgan fingerprint density at radius 1 is 1.46 bits per heavy atom. The van der Waals surface area contributed by atoms with E-state index in [0.29, 0.717) is 6.54 Å². The number of hydrogen-bond donors (Lipinski definition) is 1. The quantitative estimate of drug-likeness (QED) is 0.690. The van der Waals surface area contributed by atoms with Gasteiger partial charge in [-0.1, -0.05) is 0 Å². The highest BCUT2D eigenvalue weighted by molar-refractivity contribution is 4.92. The van der Waals surface area contributed by atoms with Gasteiger partial charge in [0.15, 0.2) is 0 Å². The molecule has 3 heteroatoms. The first kappa shape index (κ1) is 10.5. The van der Waals surface area contributed by atoms with E-state index in [2.05, 4.69) is 24.8 Å². The van der Waals surface area contributed by atoms with Crippen LogP contribution in [0.15, 0.2) is 0 Å². The van der Waals surface area contributed by atoms with Crippen LogP contribution >= 0.6 is 0 Å². The standard InChI is InChI=1S/C10H19N3/c1-10(2,8-12)13-5-3-9(7-11)4-6-13/h9H,3-6,8,12H2,1-2H3. The fourth-order valence-corrected chi connectivity index (χ4v) is 1.74. The first-order valence-corrected chi connectivity index (χ1v) is 4.95. The summed E-state index contributed by atoms with van der Waals surface area (Å²) in [6, 6.07) is 2.34. The molecule has 1 rings (SSSR count). The normalized spacial score (nSPS) is 21.4. The SMILES string of the molecule is CC(C)(CN)N1CCC(C#N)CC1. The van der Waals surface area contributed by atoms with Crippen molar-refractivity contribution < 1.29 is 0 Å². The molecule has 0 spiro atoms. The maximum absolute atomic E-state index is 8.74. The third-order valence-corrected chi connectivity index (χ3v) is 3.03. The lowest BCUT2D eigenvalue weighted by molar-refractivity contribution is 0.0906. The summed E-state index contributed by atoms with van der Waals surface area (Å²) in [6.45, 7) is 7.05. The Morgan fingerprint density at radius 2 is 2.00 bits per heavy atom. The first-order valence-electron chi connectivity index (χ1n) is 4.95. The molecule has 0 amide bonds. The zero-order valence-electron chi connectivity index (χ0n) is 8.58. The lowest BCUT2D eigenvalue weighted by Gasteiger charge is -2.41. The van der Waals surface area contributed by atoms with E-state index in [-0.39, 0.29) is 11.5 Å². The molecule has 1 aliphatic heterocycles. The molecular formula is C10H19N3. The van der Waals surface area contributed by atoms with Gasteiger partial charge in [-0.2, -0.15) is 5.26 Å². The van der Waals surface area contributed by atoms with Crippen LogP contribution in [0.2, 0.25) is 0 Å². The van der Waals surface area contributed by atoms with Crippen molar-refractivity contribution in [2.75, 3.05) is 19.6 Å². The Labute approximate surface area is 80.5 Å². The lowest BCUT2D eigenvalue weighted by atomic mass is 9.93. The van der Waals surface area contributed by atoms with E-state index in [1.165, 1.54) is 0 Å². The number of hydrogen-bond acceptors (Lipinski definition) is 3. The molecule has 0 aliphatic carbocycles. The van der Waals surface area contributed by atoms with Crippen LogP contribution in [0.1, 0.15) is 26.7 Å². The topological polar surface area (TPSA) is 53.0 Å². The predicted octanol–water partition coefficient (Wildman–Crippen LogP) is 0.959. The molecule has 0 aromatic heterocycles. The molecule has 0 saturated carbocycles. The number of likely N-dealkylation sites (tertiary alicyclic amines) is 1. The molecule has 0 radical (unpaired) electrons. The van der Waals surface area contributed by atoms with E-state index in [1.807, 2.05) is 0 Å². The lowest BCUT2D eigenvalue weighted by Crippen LogP contribution is -2.52. The van der Waals surface area contributed by atoms with Crippen LogP contribution in [-0.4, -0.2) is 30.1 Å². The molecule has 2 N–H and O–H groups in total. The maximum atomic E-state index is 8.74. The van der Waals surface area contributed by atoms with Gasteiger partial charge in [-0.15, -0.1) is 0 Å². The third-order valence-electron chi connectivity index (χ3n) is 3.03. The minimum absolute atomic E-state index is 0.0976. The average Bonchev–Trinajstić information content (AvgIpc) is 2.18. The summed E-state index contributed by atoms with van der Waals surface area (Å²) < 4.78 is 0. The van der Waals surface area contributed by atoms with E-state index in [0.717, 1.165) is 25.9 Å². The van der Waals surface area contributed by atoms with Gasteiger partial charge in [0.05, 0.1) is 6.07 Å². The summed E-state index contributed by atoms with van der Waals surface area (Å²) in [6.07, 6.45) is 2.00. The van der Waals surface area contributed by atoms with Crippen LogP contribution in [0, 0.1) is 17.2 Å². The fraction of sp³-hybridized carbons (Fsp3) is 0.900. The molecule has 0 unspecified atom stereocenters. The number of nitrogens with two attached hydrogens (primary N) is 1. The maximum Gasteiger partial charge on any atom is 0.0656 e. The largest absolute Gasteiger partial charge is 0.329 e. The highest BCUT2D eigenvalue weighted by Gasteiger charge is 2.29. The Kier molecular flexibility index (Phi) is 3.29. The van der Waals surface area contributed by atoms with Crippen LogP contribution in [-0.2, 0) is 0 Å². The fourth-order valence-electron chi connectivity index (χ4n) is 1.74. The van der Waals surface area contributed by atoms with E-state index in [1.54, 1.807) is 0 Å². The second-order valence-corrected chi connectivity index (χ2v) is 4.41. The van der Waals surface area contributed by atoms with Crippen molar-refractivity contribution in [1.29, 1.82) is 5.26 Å². The molecule has 0 aromatic rings. The summed E-state index contributed by atoms with van der Waals surface area (Å²) in [7, 11) is 0. The van der Waals surface area contributed by atoms with Gasteiger partial charge >= 0.3 is 0 Å². The molecule has 0 aromatic carbocycles. The first-order chi connectivity index (χ1) is 6.10. The van der Waals surface area contributed by atoms with Crippen LogP contribution in [0.25, 0.3) is 0 Å². The summed E-state index contributed by atoms with van der Waals surface area (Å²) in [5.41, 5.74) is 5.80. The Hall–Kier alpha value is -0.590. The Balaban J connectivity index is 2.46. The van der Waals surface area contributed by atoms with E-state index < -0.39 is 0 Å². The zero-order chi connectivity index (χ0) is 9.90. The number of rotatable bonds is 2. The zero-order valence-corrected chi connectivity index (χ0v) is 8.58. The Bertz CT molecular complexity index is 197. The van der Waals surface area contributed by atoms with Crippen LogP contribution in [0.5, 0.6) is 0 Å². The second kappa shape index (κ2) is 4.08. The van der Waals surface area contributed by atoms with Gasteiger partial charge in [-0.25, -0.2) is 0 Å². The van der Waals surface area contributed by atoms with Gasteiger partial charge in [-0.05, 0) is 39.8 Å². The molecule has 1 aliphatic rings. The smallest absolute Gasteiger partial charge is 0.0656 e. The van der Waals surface area contributed by atoms with E-state index in [9.17, 15) is 0 Å². The van der Waals surface area contributed by atoms with Crippen molar-refractivity contribution in [3.8, 4) is 6.07 Å². The number of nitrogens with zero attached hydrogens (tertiary/aromatic N) is 2. The molecule has 74 valence electrons. The van der Waals surface area contributed by atoms with Crippen molar-refractivity contribution in [2.45, 2.75) is 32.2 Å². The van der Waals surface area contributed by atoms with Gasteiger partial charge < -0.3 is 5.73 Å². The minimum atomic E-state index is 0.0976. The second-order valence-electron chi connectivity index (χ2n) is 4.41. The molecular weight excluding hydrogens is 162 g/mol. The van der Waals surface area contributed by atoms with Crippen LogP contribution in [0.4, 0.5) is 0 Å². The van der Waals surface area contributed by atoms with Crippen molar-refractivity contribution in [3.63, 3.8) is 0 Å². The average molecular weight is 181 g/mol. The molecule has 1 fully saturated rings. The predicted molar refractivity (Wildman–Crippen MR) is 53.0 cm³/mol. The van der Waals surface area contributed by atoms with Gasteiger partial charge in [0.1, 0.15) is 0 Å². The summed E-state index contributed by atoms with van der Waals surface area (Å²) in [5, 5.41) is 8.74. The molecule has 1 heterocycles. The molecule has 3 nitrogen and oxygen atoms in total. The van der Waals surface area contributed by atoms with Crippen LogP contribution in [0.3, 0.4) is 0 Å². The van der Waals surface area contributed by atoms with Crippen molar-refractivity contribution in [2.24, 2.45) is 11.7 Å². The molecule has 0 atom stereocenters. The molecule has 1 saturated heterocycles. The molecule has 0 bridgehead atoms. The van der Waals surface area contributed by atoms with Crippen molar-refractivity contribution in [3.05, 3.63) is 0 Å². The highest BCUT2D eigenvalue weighted by atomic mass is 15.2. The van der Waals surface area contributed by atoms with Gasteiger partial charge in [0.25, 0.3) is 0 Å². The van der Waals surface area contributed by atoms with Gasteiger partial charge in [-0.3, -0.25) is 4.90 Å². The minimum Gasteiger partial charge on any atom is -0.329 e. The van der Waals surface area contributed by atoms with Gasteiger partial charge in [0.2, 0.25) is 0 Å². The number of piperidine rings is 1. The van der Waals surface area contributed by atoms with Crippen LogP contribution < -0.4 is 5.73 Å². The summed E-state index contributed by atoms with van der Waals surface area (Å²) in [5.74, 6) is 0.268. The van der Waals surface area contributed by atoms with E-state index >= 15 is 0 Å². The van der Waals surface area contributed by atoms with Crippen molar-refractivity contribution >= 4 is 0 Å².